The van der Waals surface area contributed by atoms with E-state index < -0.39 is 28.7 Å². The maximum Gasteiger partial charge on any atom is 0.304 e. The number of amides is 2. The van der Waals surface area contributed by atoms with Gasteiger partial charge in [-0.05, 0) is 62.1 Å². The van der Waals surface area contributed by atoms with Crippen LogP contribution >= 0.6 is 11.6 Å². The van der Waals surface area contributed by atoms with Gasteiger partial charge in [-0.1, -0.05) is 42.8 Å². The molecular weight excluding hydrogens is 488 g/mol. The van der Waals surface area contributed by atoms with Crippen LogP contribution in [0.2, 0.25) is 5.02 Å². The second kappa shape index (κ2) is 12.4. The van der Waals surface area contributed by atoms with E-state index in [2.05, 4.69) is 5.32 Å². The van der Waals surface area contributed by atoms with Crippen molar-refractivity contribution in [2.45, 2.75) is 46.7 Å². The Balaban J connectivity index is 2.54. The highest BCUT2D eigenvalue weighted by molar-refractivity contribution is 7.90. The van der Waals surface area contributed by atoms with Crippen molar-refractivity contribution in [3.63, 3.8) is 0 Å². The Labute approximate surface area is 214 Å². The van der Waals surface area contributed by atoms with E-state index in [9.17, 15) is 18.0 Å². The van der Waals surface area contributed by atoms with E-state index in [1.165, 1.54) is 19.0 Å². The number of aryl methyl sites for hydroxylation is 2. The normalized spacial score (nSPS) is 12.3. The van der Waals surface area contributed by atoms with Crippen LogP contribution in [-0.4, -0.2) is 62.7 Å². The summed E-state index contributed by atoms with van der Waals surface area (Å²) < 4.78 is 28.8. The Kier molecular flexibility index (Phi) is 10.1. The van der Waals surface area contributed by atoms with Gasteiger partial charge in [-0.2, -0.15) is 12.7 Å². The predicted molar refractivity (Wildman–Crippen MR) is 141 cm³/mol. The lowest BCUT2D eigenvalue weighted by molar-refractivity contribution is -0.140. The van der Waals surface area contributed by atoms with Crippen LogP contribution in [0.4, 0.5) is 5.69 Å². The molecular formula is C25H35ClN4O4S. The molecule has 0 bridgehead atoms. The molecule has 8 nitrogen and oxygen atoms in total. The molecule has 1 unspecified atom stereocenters. The Bertz CT molecular complexity index is 1140. The van der Waals surface area contributed by atoms with Crippen molar-refractivity contribution in [3.8, 4) is 0 Å². The molecule has 0 spiro atoms. The lowest BCUT2D eigenvalue weighted by atomic mass is 10.1. The lowest BCUT2D eigenvalue weighted by Crippen LogP contribution is -2.53. The number of nitrogens with one attached hydrogen (secondary N) is 1. The van der Waals surface area contributed by atoms with Gasteiger partial charge in [-0.25, -0.2) is 4.31 Å². The van der Waals surface area contributed by atoms with Crippen LogP contribution in [0.5, 0.6) is 0 Å². The molecule has 0 aromatic heterocycles. The fourth-order valence-corrected chi connectivity index (χ4v) is 4.93. The molecule has 0 heterocycles. The van der Waals surface area contributed by atoms with Crippen LogP contribution in [0.25, 0.3) is 0 Å². The monoisotopic (exact) mass is 522 g/mol. The van der Waals surface area contributed by atoms with E-state index in [1.54, 1.807) is 37.3 Å². The zero-order valence-corrected chi connectivity index (χ0v) is 22.8. The van der Waals surface area contributed by atoms with Gasteiger partial charge in [-0.3, -0.25) is 9.59 Å². The topological polar surface area (TPSA) is 90.0 Å². The van der Waals surface area contributed by atoms with Crippen LogP contribution in [0.3, 0.4) is 0 Å². The minimum Gasteiger partial charge on any atom is -0.355 e. The van der Waals surface area contributed by atoms with Gasteiger partial charge in [0, 0.05) is 32.2 Å². The van der Waals surface area contributed by atoms with Crippen molar-refractivity contribution >= 4 is 39.3 Å². The van der Waals surface area contributed by atoms with E-state index in [0.717, 1.165) is 19.7 Å². The first-order valence-corrected chi connectivity index (χ1v) is 13.3. The van der Waals surface area contributed by atoms with E-state index in [-0.39, 0.29) is 12.5 Å². The van der Waals surface area contributed by atoms with Crippen molar-refractivity contribution in [2.24, 2.45) is 0 Å². The molecule has 0 aliphatic carbocycles. The summed E-state index contributed by atoms with van der Waals surface area (Å²) in [5, 5.41) is 3.34. The SMILES string of the molecule is CCNC(=O)C(CC)N(Cc1ccc(Cl)cc1)C(=O)CN(c1cc(C)ccc1C)S(=O)(=O)N(C)C. The molecule has 0 saturated heterocycles. The molecule has 0 saturated carbocycles. The van der Waals surface area contributed by atoms with Crippen molar-refractivity contribution < 1.29 is 18.0 Å². The molecule has 2 aromatic rings. The highest BCUT2D eigenvalue weighted by Crippen LogP contribution is 2.26. The van der Waals surface area contributed by atoms with E-state index >= 15 is 0 Å². The molecule has 2 rings (SSSR count). The maximum atomic E-state index is 13.8. The van der Waals surface area contributed by atoms with Gasteiger partial charge in [0.15, 0.2) is 0 Å². The van der Waals surface area contributed by atoms with E-state index in [1.807, 2.05) is 32.9 Å². The summed E-state index contributed by atoms with van der Waals surface area (Å²) in [4.78, 5) is 28.1. The average molecular weight is 523 g/mol. The number of hydrogen-bond donors (Lipinski definition) is 1. The number of carbonyl (C=O) groups is 2. The number of carbonyl (C=O) groups excluding carboxylic acids is 2. The third kappa shape index (κ3) is 7.19. The van der Waals surface area contributed by atoms with Gasteiger partial charge < -0.3 is 10.2 Å². The lowest BCUT2D eigenvalue weighted by Gasteiger charge is -2.34. The zero-order chi connectivity index (χ0) is 26.3. The van der Waals surface area contributed by atoms with Crippen molar-refractivity contribution in [1.29, 1.82) is 0 Å². The molecule has 2 amide bonds. The highest BCUT2D eigenvalue weighted by atomic mass is 35.5. The molecule has 2 aromatic carbocycles. The first-order chi connectivity index (χ1) is 16.4. The molecule has 0 aliphatic rings. The maximum absolute atomic E-state index is 13.8. The standard InChI is InChI=1S/C25H35ClN4O4S/c1-7-22(25(32)27-8-2)29(16-20-11-13-21(26)14-12-20)24(31)17-30(35(33,34)28(5)6)23-15-18(3)9-10-19(23)4/h9-15,22H,7-8,16-17H2,1-6H3,(H,27,32). The summed E-state index contributed by atoms with van der Waals surface area (Å²) in [6.07, 6.45) is 0.370. The largest absolute Gasteiger partial charge is 0.355 e. The van der Waals surface area contributed by atoms with Crippen molar-refractivity contribution in [3.05, 3.63) is 64.2 Å². The third-order valence-corrected chi connectivity index (χ3v) is 7.71. The van der Waals surface area contributed by atoms with Crippen LogP contribution in [-0.2, 0) is 26.3 Å². The highest BCUT2D eigenvalue weighted by Gasteiger charge is 2.34. The van der Waals surface area contributed by atoms with Gasteiger partial charge in [0.1, 0.15) is 12.6 Å². The van der Waals surface area contributed by atoms with Crippen molar-refractivity contribution in [2.75, 3.05) is 31.5 Å². The number of hydrogen-bond acceptors (Lipinski definition) is 4. The molecule has 10 heteroatoms. The van der Waals surface area contributed by atoms with E-state index in [0.29, 0.717) is 29.2 Å². The second-order valence-electron chi connectivity index (χ2n) is 8.55. The summed E-state index contributed by atoms with van der Waals surface area (Å²) in [7, 11) is -1.15. The fourth-order valence-electron chi connectivity index (χ4n) is 3.69. The summed E-state index contributed by atoms with van der Waals surface area (Å²) in [6, 6.07) is 11.7. The van der Waals surface area contributed by atoms with Crippen LogP contribution < -0.4 is 9.62 Å². The van der Waals surface area contributed by atoms with Crippen LogP contribution in [0.1, 0.15) is 37.0 Å². The second-order valence-corrected chi connectivity index (χ2v) is 11.1. The number of rotatable bonds is 11. The molecule has 1 atom stereocenters. The van der Waals surface area contributed by atoms with Crippen molar-refractivity contribution in [1.82, 2.24) is 14.5 Å². The zero-order valence-electron chi connectivity index (χ0n) is 21.2. The smallest absolute Gasteiger partial charge is 0.304 e. The number of likely N-dealkylation sites (N-methyl/N-ethyl adjacent to an activating group) is 1. The third-order valence-electron chi connectivity index (χ3n) is 5.66. The Morgan fingerprint density at radius 3 is 2.20 bits per heavy atom. The Hall–Kier alpha value is -2.62. The molecule has 1 N–H and O–H groups in total. The Morgan fingerprint density at radius 2 is 1.66 bits per heavy atom. The number of benzene rings is 2. The first-order valence-electron chi connectivity index (χ1n) is 11.5. The first kappa shape index (κ1) is 28.6. The molecule has 0 radical (unpaired) electrons. The van der Waals surface area contributed by atoms with Crippen LogP contribution in [0.15, 0.2) is 42.5 Å². The van der Waals surface area contributed by atoms with Gasteiger partial charge in [0.05, 0.1) is 5.69 Å². The summed E-state index contributed by atoms with van der Waals surface area (Å²) >= 11 is 6.01. The average Bonchev–Trinajstić information content (AvgIpc) is 2.80. The number of nitrogens with zero attached hydrogens (tertiary/aromatic N) is 3. The number of halogens is 1. The Morgan fingerprint density at radius 1 is 1.03 bits per heavy atom. The predicted octanol–water partition coefficient (Wildman–Crippen LogP) is 3.51. The molecule has 192 valence electrons. The molecule has 0 aliphatic heterocycles. The fraction of sp³-hybridized carbons (Fsp3) is 0.440. The van der Waals surface area contributed by atoms with Gasteiger partial charge in [-0.15, -0.1) is 0 Å². The van der Waals surface area contributed by atoms with Gasteiger partial charge in [0.2, 0.25) is 11.8 Å². The van der Waals surface area contributed by atoms with E-state index in [4.69, 9.17) is 11.6 Å². The quantitative estimate of drug-likeness (QED) is 0.489. The number of anilines is 1. The summed E-state index contributed by atoms with van der Waals surface area (Å²) in [5.74, 6) is -0.768. The van der Waals surface area contributed by atoms with Crippen LogP contribution in [0, 0.1) is 13.8 Å². The summed E-state index contributed by atoms with van der Waals surface area (Å²) in [5.41, 5.74) is 2.78. The summed E-state index contributed by atoms with van der Waals surface area (Å²) in [6.45, 7) is 7.39. The molecule has 35 heavy (non-hydrogen) atoms. The minimum atomic E-state index is -4.00. The molecule has 0 fully saturated rings. The van der Waals surface area contributed by atoms with Gasteiger partial charge >= 0.3 is 10.2 Å². The minimum absolute atomic E-state index is 0.133. The van der Waals surface area contributed by atoms with Gasteiger partial charge in [0.25, 0.3) is 0 Å².